The van der Waals surface area contributed by atoms with Gasteiger partial charge in [-0.15, -0.1) is 5.10 Å². The molecule has 0 aliphatic heterocycles. The molecule has 5 heteroatoms. The van der Waals surface area contributed by atoms with E-state index in [-0.39, 0.29) is 0 Å². The van der Waals surface area contributed by atoms with Crippen LogP contribution < -0.4 is 5.73 Å². The maximum atomic E-state index is 5.38. The summed E-state index contributed by atoms with van der Waals surface area (Å²) < 4.78 is 3.87. The van der Waals surface area contributed by atoms with Crippen LogP contribution in [0.5, 0.6) is 0 Å². The summed E-state index contributed by atoms with van der Waals surface area (Å²) in [6.07, 6.45) is 1.08. The minimum absolute atomic E-state index is 0.779. The first-order valence-corrected chi connectivity index (χ1v) is 5.83. The quantitative estimate of drug-likeness (QED) is 0.736. The molecule has 0 spiro atoms. The van der Waals surface area contributed by atoms with Crippen molar-refractivity contribution in [2.24, 2.45) is 5.73 Å². The molecule has 0 amide bonds. The minimum Gasteiger partial charge on any atom is -0.330 e. The van der Waals surface area contributed by atoms with Gasteiger partial charge in [-0.25, -0.2) is 0 Å². The highest BCUT2D eigenvalue weighted by Crippen LogP contribution is 2.16. The second-order valence-electron chi connectivity index (χ2n) is 2.47. The molecule has 0 unspecified atom stereocenters. The lowest BCUT2D eigenvalue weighted by molar-refractivity contribution is 0.941. The third kappa shape index (κ3) is 3.08. The van der Waals surface area contributed by atoms with E-state index in [1.54, 1.807) is 0 Å². The average molecular weight is 203 g/mol. The van der Waals surface area contributed by atoms with Gasteiger partial charge >= 0.3 is 0 Å². The average Bonchev–Trinajstić information content (AvgIpc) is 2.46. The monoisotopic (exact) mass is 203 g/mol. The fraction of sp³-hybridized carbons (Fsp3) is 0.714. The van der Waals surface area contributed by atoms with Crippen LogP contribution >= 0.6 is 23.3 Å². The summed E-state index contributed by atoms with van der Waals surface area (Å²) in [5.74, 6) is 2.09. The van der Waals surface area contributed by atoms with E-state index in [1.807, 2.05) is 11.8 Å². The third-order valence-corrected chi connectivity index (χ3v) is 3.20. The molecule has 0 aliphatic rings. The second kappa shape index (κ2) is 5.50. The molecule has 0 saturated heterocycles. The zero-order valence-corrected chi connectivity index (χ0v) is 8.75. The van der Waals surface area contributed by atoms with E-state index >= 15 is 0 Å². The van der Waals surface area contributed by atoms with Crippen LogP contribution in [0.25, 0.3) is 0 Å². The van der Waals surface area contributed by atoms with Crippen molar-refractivity contribution in [3.8, 4) is 0 Å². The van der Waals surface area contributed by atoms with Gasteiger partial charge in [0.2, 0.25) is 0 Å². The molecule has 0 fully saturated rings. The molecular weight excluding hydrogens is 190 g/mol. The first-order valence-electron chi connectivity index (χ1n) is 3.90. The number of hydrogen-bond donors (Lipinski definition) is 1. The minimum atomic E-state index is 0.779. The highest BCUT2D eigenvalue weighted by Gasteiger charge is 2.01. The number of rotatable bonds is 5. The van der Waals surface area contributed by atoms with Crippen LogP contribution in [0.1, 0.15) is 17.0 Å². The molecule has 3 nitrogen and oxygen atoms in total. The maximum Gasteiger partial charge on any atom is 0.0883 e. The fourth-order valence-corrected chi connectivity index (χ4v) is 2.29. The van der Waals surface area contributed by atoms with Crippen molar-refractivity contribution >= 4 is 23.3 Å². The van der Waals surface area contributed by atoms with Crippen LogP contribution in [-0.4, -0.2) is 21.9 Å². The predicted octanol–water partition coefficient (Wildman–Crippen LogP) is 1.43. The van der Waals surface area contributed by atoms with E-state index in [0.29, 0.717) is 0 Å². The van der Waals surface area contributed by atoms with Crippen molar-refractivity contribution in [1.29, 1.82) is 0 Å². The first-order chi connectivity index (χ1) is 5.84. The van der Waals surface area contributed by atoms with Crippen LogP contribution in [-0.2, 0) is 5.75 Å². The van der Waals surface area contributed by atoms with Gasteiger partial charge in [-0.05, 0) is 37.2 Å². The van der Waals surface area contributed by atoms with Crippen LogP contribution in [0.4, 0.5) is 0 Å². The Morgan fingerprint density at radius 1 is 1.58 bits per heavy atom. The molecule has 0 saturated carbocycles. The van der Waals surface area contributed by atoms with Crippen LogP contribution in [0, 0.1) is 6.92 Å². The number of aromatic nitrogens is 2. The standard InChI is InChI=1S/C7H13N3S2/c1-6-7(9-10-12-6)5-11-4-2-3-8/h2-5,8H2,1H3. The Labute approximate surface area is 80.9 Å². The SMILES string of the molecule is Cc1snnc1CSCCCN. The van der Waals surface area contributed by atoms with Gasteiger partial charge in [-0.2, -0.15) is 11.8 Å². The number of thioether (sulfide) groups is 1. The van der Waals surface area contributed by atoms with E-state index in [0.717, 1.165) is 30.2 Å². The van der Waals surface area contributed by atoms with Gasteiger partial charge < -0.3 is 5.73 Å². The Bertz CT molecular complexity index is 224. The normalized spacial score (nSPS) is 10.5. The molecule has 1 aromatic rings. The van der Waals surface area contributed by atoms with Crippen LogP contribution in [0.3, 0.4) is 0 Å². The molecule has 1 heterocycles. The molecule has 1 rings (SSSR count). The zero-order chi connectivity index (χ0) is 8.81. The summed E-state index contributed by atoms with van der Waals surface area (Å²) >= 11 is 3.34. The lowest BCUT2D eigenvalue weighted by Gasteiger charge is -1.96. The van der Waals surface area contributed by atoms with Gasteiger partial charge in [0.15, 0.2) is 0 Å². The summed E-state index contributed by atoms with van der Waals surface area (Å²) in [7, 11) is 0. The summed E-state index contributed by atoms with van der Waals surface area (Å²) in [6, 6.07) is 0. The van der Waals surface area contributed by atoms with E-state index in [1.165, 1.54) is 16.4 Å². The summed E-state index contributed by atoms with van der Waals surface area (Å²) in [4.78, 5) is 1.23. The smallest absolute Gasteiger partial charge is 0.0883 e. The third-order valence-electron chi connectivity index (χ3n) is 1.48. The molecule has 0 aromatic carbocycles. The molecule has 0 aliphatic carbocycles. The predicted molar refractivity (Wildman–Crippen MR) is 54.5 cm³/mol. The van der Waals surface area contributed by atoms with Crippen LogP contribution in [0.2, 0.25) is 0 Å². The molecule has 0 bridgehead atoms. The van der Waals surface area contributed by atoms with Crippen molar-refractivity contribution in [2.75, 3.05) is 12.3 Å². The van der Waals surface area contributed by atoms with Gasteiger partial charge in [-0.1, -0.05) is 4.49 Å². The Hall–Kier alpha value is -0.130. The molecule has 1 aromatic heterocycles. The van der Waals surface area contributed by atoms with Gasteiger partial charge in [-0.3, -0.25) is 0 Å². The van der Waals surface area contributed by atoms with Gasteiger partial charge in [0.1, 0.15) is 0 Å². The summed E-state index contributed by atoms with van der Waals surface area (Å²) in [5, 5.41) is 4.03. The summed E-state index contributed by atoms with van der Waals surface area (Å²) in [6.45, 7) is 2.84. The highest BCUT2D eigenvalue weighted by molar-refractivity contribution is 7.98. The van der Waals surface area contributed by atoms with E-state index < -0.39 is 0 Å². The van der Waals surface area contributed by atoms with Crippen molar-refractivity contribution in [2.45, 2.75) is 19.1 Å². The van der Waals surface area contributed by atoms with E-state index in [4.69, 9.17) is 5.73 Å². The maximum absolute atomic E-state index is 5.38. The van der Waals surface area contributed by atoms with Crippen molar-refractivity contribution < 1.29 is 0 Å². The number of nitrogens with zero attached hydrogens (tertiary/aromatic N) is 2. The molecule has 12 heavy (non-hydrogen) atoms. The van der Waals surface area contributed by atoms with Crippen LogP contribution in [0.15, 0.2) is 0 Å². The lowest BCUT2D eigenvalue weighted by atomic mass is 10.4. The Morgan fingerprint density at radius 3 is 3.00 bits per heavy atom. The molecule has 0 radical (unpaired) electrons. The molecule has 2 N–H and O–H groups in total. The van der Waals surface area contributed by atoms with Crippen molar-refractivity contribution in [1.82, 2.24) is 9.59 Å². The lowest BCUT2D eigenvalue weighted by Crippen LogP contribution is -1.99. The van der Waals surface area contributed by atoms with Gasteiger partial charge in [0.05, 0.1) is 5.69 Å². The highest BCUT2D eigenvalue weighted by atomic mass is 32.2. The van der Waals surface area contributed by atoms with E-state index in [9.17, 15) is 0 Å². The Morgan fingerprint density at radius 2 is 2.42 bits per heavy atom. The van der Waals surface area contributed by atoms with Crippen molar-refractivity contribution in [3.05, 3.63) is 10.6 Å². The van der Waals surface area contributed by atoms with Gasteiger partial charge in [0, 0.05) is 10.6 Å². The topological polar surface area (TPSA) is 51.8 Å². The number of aryl methyl sites for hydroxylation is 1. The fourth-order valence-electron chi connectivity index (χ4n) is 0.739. The Kier molecular flexibility index (Phi) is 4.57. The first kappa shape index (κ1) is 9.95. The second-order valence-corrected chi connectivity index (χ2v) is 4.53. The molecular formula is C7H13N3S2. The summed E-state index contributed by atoms with van der Waals surface area (Å²) in [5.41, 5.74) is 6.51. The van der Waals surface area contributed by atoms with Gasteiger partial charge in [0.25, 0.3) is 0 Å². The number of nitrogens with two attached hydrogens (primary N) is 1. The molecule has 68 valence electrons. The van der Waals surface area contributed by atoms with E-state index in [2.05, 4.69) is 16.5 Å². The van der Waals surface area contributed by atoms with Crippen molar-refractivity contribution in [3.63, 3.8) is 0 Å². The zero-order valence-electron chi connectivity index (χ0n) is 7.12. The number of hydrogen-bond acceptors (Lipinski definition) is 5. The molecule has 0 atom stereocenters. The Balaban J connectivity index is 2.20. The largest absolute Gasteiger partial charge is 0.330 e.